The van der Waals surface area contributed by atoms with Crippen molar-refractivity contribution in [3.63, 3.8) is 0 Å². The summed E-state index contributed by atoms with van der Waals surface area (Å²) >= 11 is 0. The van der Waals surface area contributed by atoms with Crippen LogP contribution in [0.5, 0.6) is 0 Å². The van der Waals surface area contributed by atoms with Crippen molar-refractivity contribution in [1.29, 1.82) is 0 Å². The quantitative estimate of drug-likeness (QED) is 0.792. The van der Waals surface area contributed by atoms with Gasteiger partial charge in [-0.2, -0.15) is 0 Å². The van der Waals surface area contributed by atoms with Crippen molar-refractivity contribution >= 4 is 5.91 Å². The molecule has 2 saturated carbocycles. The molecule has 17 heavy (non-hydrogen) atoms. The number of nitrogens with one attached hydrogen (secondary N) is 1. The summed E-state index contributed by atoms with van der Waals surface area (Å²) in [7, 11) is 0. The molecule has 0 radical (unpaired) electrons. The minimum absolute atomic E-state index is 0.111. The van der Waals surface area contributed by atoms with Crippen LogP contribution in [0.25, 0.3) is 0 Å². The molecule has 0 saturated heterocycles. The molecule has 2 atom stereocenters. The van der Waals surface area contributed by atoms with Gasteiger partial charge in [0.05, 0.1) is 0 Å². The molecule has 3 nitrogen and oxygen atoms in total. The maximum absolute atomic E-state index is 12.4. The van der Waals surface area contributed by atoms with Gasteiger partial charge in [0, 0.05) is 11.5 Å². The fourth-order valence-corrected chi connectivity index (χ4v) is 3.41. The Morgan fingerprint density at radius 2 is 1.94 bits per heavy atom. The Hall–Kier alpha value is -0.570. The largest absolute Gasteiger partial charge is 0.353 e. The van der Waals surface area contributed by atoms with Crippen LogP contribution >= 0.6 is 0 Å². The van der Waals surface area contributed by atoms with Crippen molar-refractivity contribution in [3.8, 4) is 0 Å². The number of amides is 1. The van der Waals surface area contributed by atoms with Crippen molar-refractivity contribution in [2.45, 2.75) is 64.3 Å². The molecule has 0 aliphatic heterocycles. The Labute approximate surface area is 105 Å². The predicted molar refractivity (Wildman–Crippen MR) is 69.5 cm³/mol. The van der Waals surface area contributed by atoms with Crippen molar-refractivity contribution in [2.75, 3.05) is 6.54 Å². The van der Waals surface area contributed by atoms with Gasteiger partial charge in [-0.1, -0.05) is 32.6 Å². The van der Waals surface area contributed by atoms with Crippen LogP contribution in [-0.4, -0.2) is 18.5 Å². The van der Waals surface area contributed by atoms with Gasteiger partial charge in [-0.25, -0.2) is 0 Å². The van der Waals surface area contributed by atoms with E-state index in [1.807, 2.05) is 0 Å². The average molecular weight is 238 g/mol. The van der Waals surface area contributed by atoms with E-state index in [9.17, 15) is 4.79 Å². The molecule has 0 spiro atoms. The number of hydrogen-bond donors (Lipinski definition) is 2. The fourth-order valence-electron chi connectivity index (χ4n) is 3.41. The van der Waals surface area contributed by atoms with Crippen molar-refractivity contribution in [1.82, 2.24) is 5.32 Å². The van der Waals surface area contributed by atoms with Gasteiger partial charge in [0.2, 0.25) is 5.91 Å². The van der Waals surface area contributed by atoms with E-state index in [4.69, 9.17) is 5.73 Å². The fraction of sp³-hybridized carbons (Fsp3) is 0.929. The highest BCUT2D eigenvalue weighted by atomic mass is 16.2. The summed E-state index contributed by atoms with van der Waals surface area (Å²) in [6.45, 7) is 2.84. The van der Waals surface area contributed by atoms with E-state index in [0.29, 0.717) is 18.5 Å². The van der Waals surface area contributed by atoms with Crippen LogP contribution in [0.1, 0.15) is 58.3 Å². The molecule has 2 unspecified atom stereocenters. The van der Waals surface area contributed by atoms with Crippen molar-refractivity contribution < 1.29 is 4.79 Å². The summed E-state index contributed by atoms with van der Waals surface area (Å²) in [6, 6.07) is 0.339. The molecule has 2 aliphatic carbocycles. The molecule has 1 amide bonds. The van der Waals surface area contributed by atoms with Gasteiger partial charge in [-0.15, -0.1) is 0 Å². The third kappa shape index (κ3) is 2.82. The maximum Gasteiger partial charge on any atom is 0.226 e. The second-order valence-corrected chi connectivity index (χ2v) is 6.13. The Balaban J connectivity index is 1.91. The normalized spacial score (nSPS) is 32.4. The zero-order valence-electron chi connectivity index (χ0n) is 11.0. The van der Waals surface area contributed by atoms with Crippen LogP contribution < -0.4 is 11.1 Å². The second kappa shape index (κ2) is 5.38. The van der Waals surface area contributed by atoms with E-state index in [1.165, 1.54) is 32.1 Å². The van der Waals surface area contributed by atoms with Crippen LogP contribution in [0.2, 0.25) is 0 Å². The zero-order chi connectivity index (χ0) is 12.3. The highest BCUT2D eigenvalue weighted by Crippen LogP contribution is 2.36. The SMILES string of the molecule is CC1(C(=O)NC2CCCC2CN)CCCCC1. The van der Waals surface area contributed by atoms with Gasteiger partial charge in [0.15, 0.2) is 0 Å². The van der Waals surface area contributed by atoms with Gasteiger partial charge >= 0.3 is 0 Å². The maximum atomic E-state index is 12.4. The summed E-state index contributed by atoms with van der Waals surface area (Å²) in [5.41, 5.74) is 5.65. The van der Waals surface area contributed by atoms with Gasteiger partial charge in [-0.05, 0) is 38.1 Å². The molecule has 0 bridgehead atoms. The summed E-state index contributed by atoms with van der Waals surface area (Å²) in [6.07, 6.45) is 9.31. The predicted octanol–water partition coefficient (Wildman–Crippen LogP) is 2.20. The average Bonchev–Trinajstić information content (AvgIpc) is 2.77. The Morgan fingerprint density at radius 3 is 2.59 bits per heavy atom. The number of rotatable bonds is 3. The summed E-state index contributed by atoms with van der Waals surface area (Å²) < 4.78 is 0. The minimum atomic E-state index is -0.111. The molecule has 2 rings (SSSR count). The highest BCUT2D eigenvalue weighted by molar-refractivity contribution is 5.82. The van der Waals surface area contributed by atoms with E-state index >= 15 is 0 Å². The topological polar surface area (TPSA) is 55.1 Å². The summed E-state index contributed by atoms with van der Waals surface area (Å²) in [5, 5.41) is 3.27. The number of hydrogen-bond acceptors (Lipinski definition) is 2. The molecule has 98 valence electrons. The minimum Gasteiger partial charge on any atom is -0.353 e. The first-order valence-electron chi connectivity index (χ1n) is 7.17. The Kier molecular flexibility index (Phi) is 4.08. The molecule has 0 heterocycles. The van der Waals surface area contributed by atoms with Gasteiger partial charge in [0.25, 0.3) is 0 Å². The van der Waals surface area contributed by atoms with E-state index in [2.05, 4.69) is 12.2 Å². The lowest BCUT2D eigenvalue weighted by atomic mass is 9.75. The standard InChI is InChI=1S/C14H26N2O/c1-14(8-3-2-4-9-14)13(17)16-12-7-5-6-11(12)10-15/h11-12H,2-10,15H2,1H3,(H,16,17). The smallest absolute Gasteiger partial charge is 0.226 e. The third-order valence-electron chi connectivity index (χ3n) is 4.78. The lowest BCUT2D eigenvalue weighted by Gasteiger charge is -2.34. The number of carbonyl (C=O) groups is 1. The molecule has 0 aromatic carbocycles. The Morgan fingerprint density at radius 1 is 1.24 bits per heavy atom. The van der Waals surface area contributed by atoms with E-state index in [1.54, 1.807) is 0 Å². The molecular formula is C14H26N2O. The number of carbonyl (C=O) groups excluding carboxylic acids is 1. The summed E-state index contributed by atoms with van der Waals surface area (Å²) in [4.78, 5) is 12.4. The van der Waals surface area contributed by atoms with Crippen LogP contribution in [0.15, 0.2) is 0 Å². The van der Waals surface area contributed by atoms with Crippen LogP contribution in [-0.2, 0) is 4.79 Å². The van der Waals surface area contributed by atoms with Crippen molar-refractivity contribution in [2.24, 2.45) is 17.1 Å². The van der Waals surface area contributed by atoms with E-state index in [0.717, 1.165) is 19.3 Å². The number of nitrogens with two attached hydrogens (primary N) is 1. The van der Waals surface area contributed by atoms with Crippen LogP contribution in [0, 0.1) is 11.3 Å². The van der Waals surface area contributed by atoms with E-state index in [-0.39, 0.29) is 11.3 Å². The molecule has 0 aromatic heterocycles. The molecule has 2 fully saturated rings. The van der Waals surface area contributed by atoms with Crippen molar-refractivity contribution in [3.05, 3.63) is 0 Å². The monoisotopic (exact) mass is 238 g/mol. The zero-order valence-corrected chi connectivity index (χ0v) is 11.0. The van der Waals surface area contributed by atoms with E-state index < -0.39 is 0 Å². The van der Waals surface area contributed by atoms with Crippen LogP contribution in [0.3, 0.4) is 0 Å². The highest BCUT2D eigenvalue weighted by Gasteiger charge is 2.37. The Bertz CT molecular complexity index is 271. The lowest BCUT2D eigenvalue weighted by molar-refractivity contribution is -0.132. The lowest BCUT2D eigenvalue weighted by Crippen LogP contribution is -2.47. The summed E-state index contributed by atoms with van der Waals surface area (Å²) in [5.74, 6) is 0.786. The second-order valence-electron chi connectivity index (χ2n) is 6.13. The first kappa shape index (κ1) is 12.9. The first-order chi connectivity index (χ1) is 8.15. The molecule has 2 aliphatic rings. The molecule has 0 aromatic rings. The van der Waals surface area contributed by atoms with Gasteiger partial charge in [-0.3, -0.25) is 4.79 Å². The third-order valence-corrected chi connectivity index (χ3v) is 4.78. The van der Waals surface area contributed by atoms with Crippen LogP contribution in [0.4, 0.5) is 0 Å². The first-order valence-corrected chi connectivity index (χ1v) is 7.17. The molecule has 3 N–H and O–H groups in total. The van der Waals surface area contributed by atoms with Gasteiger partial charge in [0.1, 0.15) is 0 Å². The molecule has 3 heteroatoms. The molecular weight excluding hydrogens is 212 g/mol. The van der Waals surface area contributed by atoms with Gasteiger partial charge < -0.3 is 11.1 Å².